The quantitative estimate of drug-likeness (QED) is 0.643. The van der Waals surface area contributed by atoms with Crippen LogP contribution in [0.4, 0.5) is 0 Å². The van der Waals surface area contributed by atoms with Gasteiger partial charge in [-0.2, -0.15) is 0 Å². The first-order chi connectivity index (χ1) is 13.5. The third-order valence-electron chi connectivity index (χ3n) is 4.52. The van der Waals surface area contributed by atoms with E-state index in [-0.39, 0.29) is 22.9 Å². The van der Waals surface area contributed by atoms with Gasteiger partial charge in [-0.1, -0.05) is 42.5 Å². The average molecular weight is 373 g/mol. The maximum absolute atomic E-state index is 11.2. The number of hydrogen-bond acceptors (Lipinski definition) is 6. The SMILES string of the molecule is O=C(O)c1ccc(C2(c3ccccc3O)N=NC(c3ccccc3O)=N2)cc1. The summed E-state index contributed by atoms with van der Waals surface area (Å²) in [6.45, 7) is 0. The molecule has 0 amide bonds. The van der Waals surface area contributed by atoms with Gasteiger partial charge >= 0.3 is 5.97 Å². The molecule has 1 unspecified atom stereocenters. The number of para-hydroxylation sites is 2. The molecule has 3 aromatic rings. The zero-order chi connectivity index (χ0) is 19.7. The Kier molecular flexibility index (Phi) is 4.12. The minimum absolute atomic E-state index is 0.00880. The molecule has 1 atom stereocenters. The van der Waals surface area contributed by atoms with Crippen LogP contribution in [0.1, 0.15) is 27.0 Å². The Hall–Kier alpha value is -4.00. The molecule has 0 aromatic heterocycles. The van der Waals surface area contributed by atoms with E-state index in [9.17, 15) is 15.0 Å². The number of amidine groups is 1. The number of carboxylic acids is 1. The van der Waals surface area contributed by atoms with Gasteiger partial charge < -0.3 is 15.3 Å². The summed E-state index contributed by atoms with van der Waals surface area (Å²) in [6, 6.07) is 19.3. The zero-order valence-electron chi connectivity index (χ0n) is 14.5. The molecule has 7 heteroatoms. The van der Waals surface area contributed by atoms with Crippen LogP contribution in [0.15, 0.2) is 88.0 Å². The van der Waals surface area contributed by atoms with Crippen molar-refractivity contribution < 1.29 is 20.1 Å². The van der Waals surface area contributed by atoms with Crippen molar-refractivity contribution in [1.29, 1.82) is 0 Å². The Morgan fingerprint density at radius 2 is 1.46 bits per heavy atom. The number of nitrogens with zero attached hydrogens (tertiary/aromatic N) is 3. The number of carboxylic acid groups (broad SMARTS) is 1. The normalized spacial score (nSPS) is 18.1. The molecule has 1 aliphatic heterocycles. The van der Waals surface area contributed by atoms with Crippen molar-refractivity contribution in [2.45, 2.75) is 5.66 Å². The van der Waals surface area contributed by atoms with E-state index in [1.807, 2.05) is 0 Å². The Morgan fingerprint density at radius 3 is 2.11 bits per heavy atom. The zero-order valence-corrected chi connectivity index (χ0v) is 14.5. The number of aliphatic imine (C=N–C) groups is 1. The van der Waals surface area contributed by atoms with Gasteiger partial charge in [0.05, 0.1) is 11.1 Å². The highest BCUT2D eigenvalue weighted by molar-refractivity contribution is 6.02. The predicted molar refractivity (Wildman–Crippen MR) is 102 cm³/mol. The fraction of sp³-hybridized carbons (Fsp3) is 0.0476. The maximum Gasteiger partial charge on any atom is 0.335 e. The second kappa shape index (κ2) is 6.62. The standard InChI is InChI=1S/C21H15N3O4/c25-17-7-3-1-5-15(17)19-22-21(24-23-19,16-6-2-4-8-18(16)26)14-11-9-13(10-12-14)20(27)28/h1-12,25-26H,(H,27,28). The number of aromatic hydroxyl groups is 2. The highest BCUT2D eigenvalue weighted by atomic mass is 16.4. The largest absolute Gasteiger partial charge is 0.507 e. The lowest BCUT2D eigenvalue weighted by Gasteiger charge is -2.23. The summed E-state index contributed by atoms with van der Waals surface area (Å²) < 4.78 is 0. The Balaban J connectivity index is 1.92. The number of carbonyl (C=O) groups is 1. The number of hydrogen-bond donors (Lipinski definition) is 3. The number of rotatable bonds is 4. The molecule has 0 saturated heterocycles. The number of phenols is 2. The van der Waals surface area contributed by atoms with Crippen molar-refractivity contribution in [2.24, 2.45) is 15.2 Å². The monoisotopic (exact) mass is 373 g/mol. The van der Waals surface area contributed by atoms with Crippen LogP contribution in [0, 0.1) is 0 Å². The van der Waals surface area contributed by atoms with Gasteiger partial charge in [0.15, 0.2) is 5.84 Å². The molecule has 28 heavy (non-hydrogen) atoms. The van der Waals surface area contributed by atoms with E-state index < -0.39 is 11.6 Å². The number of azo groups is 1. The summed E-state index contributed by atoms with van der Waals surface area (Å²) in [5.74, 6) is -0.848. The van der Waals surface area contributed by atoms with E-state index in [1.54, 1.807) is 48.5 Å². The van der Waals surface area contributed by atoms with Crippen molar-refractivity contribution in [1.82, 2.24) is 0 Å². The fourth-order valence-corrected chi connectivity index (χ4v) is 3.10. The highest BCUT2D eigenvalue weighted by Gasteiger charge is 2.41. The minimum Gasteiger partial charge on any atom is -0.507 e. The number of benzene rings is 3. The lowest BCUT2D eigenvalue weighted by molar-refractivity contribution is 0.0697. The molecular weight excluding hydrogens is 358 g/mol. The van der Waals surface area contributed by atoms with Gasteiger partial charge in [0, 0.05) is 11.1 Å². The molecule has 0 aliphatic carbocycles. The van der Waals surface area contributed by atoms with Crippen molar-refractivity contribution >= 4 is 11.8 Å². The molecule has 138 valence electrons. The van der Waals surface area contributed by atoms with E-state index in [0.717, 1.165) is 0 Å². The van der Waals surface area contributed by atoms with Gasteiger partial charge in [0.1, 0.15) is 11.5 Å². The van der Waals surface area contributed by atoms with Crippen molar-refractivity contribution in [3.05, 3.63) is 95.1 Å². The van der Waals surface area contributed by atoms with E-state index in [1.165, 1.54) is 24.3 Å². The van der Waals surface area contributed by atoms with Gasteiger partial charge in [-0.15, -0.1) is 10.2 Å². The van der Waals surface area contributed by atoms with Gasteiger partial charge in [0.2, 0.25) is 5.66 Å². The van der Waals surface area contributed by atoms with Gasteiger partial charge in [-0.25, -0.2) is 9.79 Å². The molecule has 1 aliphatic rings. The minimum atomic E-state index is -1.39. The van der Waals surface area contributed by atoms with Crippen LogP contribution in [0.5, 0.6) is 11.5 Å². The lowest BCUT2D eigenvalue weighted by Crippen LogP contribution is -2.21. The van der Waals surface area contributed by atoms with E-state index in [4.69, 9.17) is 5.11 Å². The predicted octanol–water partition coefficient (Wildman–Crippen LogP) is 3.91. The number of aromatic carboxylic acids is 1. The van der Waals surface area contributed by atoms with E-state index in [2.05, 4.69) is 15.2 Å². The van der Waals surface area contributed by atoms with Gasteiger partial charge in [-0.05, 0) is 30.3 Å². The maximum atomic E-state index is 11.2. The molecular formula is C21H15N3O4. The molecule has 3 aromatic carbocycles. The Labute approximate surface area is 160 Å². The van der Waals surface area contributed by atoms with Crippen molar-refractivity contribution in [3.63, 3.8) is 0 Å². The van der Waals surface area contributed by atoms with Crippen LogP contribution in [0.25, 0.3) is 0 Å². The lowest BCUT2D eigenvalue weighted by atomic mass is 9.91. The summed E-state index contributed by atoms with van der Waals surface area (Å²) in [5.41, 5.74) is 0.0714. The second-order valence-electron chi connectivity index (χ2n) is 6.22. The van der Waals surface area contributed by atoms with E-state index in [0.29, 0.717) is 16.7 Å². The van der Waals surface area contributed by atoms with Crippen LogP contribution in [-0.2, 0) is 5.66 Å². The molecule has 1 heterocycles. The summed E-state index contributed by atoms with van der Waals surface area (Å²) in [4.78, 5) is 15.8. The van der Waals surface area contributed by atoms with Crippen LogP contribution < -0.4 is 0 Å². The van der Waals surface area contributed by atoms with Crippen LogP contribution in [-0.4, -0.2) is 27.1 Å². The fourth-order valence-electron chi connectivity index (χ4n) is 3.10. The van der Waals surface area contributed by atoms with Crippen LogP contribution >= 0.6 is 0 Å². The highest BCUT2D eigenvalue weighted by Crippen LogP contribution is 2.43. The van der Waals surface area contributed by atoms with Gasteiger partial charge in [-0.3, -0.25) is 0 Å². The first-order valence-electron chi connectivity index (χ1n) is 8.45. The van der Waals surface area contributed by atoms with Gasteiger partial charge in [0.25, 0.3) is 0 Å². The second-order valence-corrected chi connectivity index (χ2v) is 6.22. The first kappa shape index (κ1) is 17.4. The molecule has 0 spiro atoms. The third-order valence-corrected chi connectivity index (χ3v) is 4.52. The molecule has 4 rings (SSSR count). The molecule has 0 bridgehead atoms. The Bertz CT molecular complexity index is 1120. The molecule has 7 nitrogen and oxygen atoms in total. The molecule has 0 radical (unpaired) electrons. The smallest absolute Gasteiger partial charge is 0.335 e. The summed E-state index contributed by atoms with van der Waals surface area (Å²) in [6.07, 6.45) is 0. The van der Waals surface area contributed by atoms with E-state index >= 15 is 0 Å². The van der Waals surface area contributed by atoms with Crippen molar-refractivity contribution in [3.8, 4) is 11.5 Å². The summed E-state index contributed by atoms with van der Waals surface area (Å²) in [5, 5.41) is 38.2. The summed E-state index contributed by atoms with van der Waals surface area (Å²) >= 11 is 0. The Morgan fingerprint density at radius 1 is 0.821 bits per heavy atom. The molecule has 0 saturated carbocycles. The molecule has 3 N–H and O–H groups in total. The molecule has 0 fully saturated rings. The number of phenolic OH excluding ortho intramolecular Hbond substituents is 2. The van der Waals surface area contributed by atoms with Crippen LogP contribution in [0.3, 0.4) is 0 Å². The topological polar surface area (TPSA) is 115 Å². The summed E-state index contributed by atoms with van der Waals surface area (Å²) in [7, 11) is 0. The van der Waals surface area contributed by atoms with Crippen molar-refractivity contribution in [2.75, 3.05) is 0 Å². The third kappa shape index (κ3) is 2.79. The first-order valence-corrected chi connectivity index (χ1v) is 8.45. The average Bonchev–Trinajstić information content (AvgIpc) is 3.15. The van der Waals surface area contributed by atoms with Crippen LogP contribution in [0.2, 0.25) is 0 Å².